The Bertz CT molecular complexity index is 652. The van der Waals surface area contributed by atoms with Crippen LogP contribution in [-0.2, 0) is 11.3 Å². The molecule has 1 fully saturated rings. The summed E-state index contributed by atoms with van der Waals surface area (Å²) in [6, 6.07) is 4.19. The van der Waals surface area contributed by atoms with E-state index in [2.05, 4.69) is 29.3 Å². The number of piperidine rings is 1. The first-order valence-electron chi connectivity index (χ1n) is 7.70. The van der Waals surface area contributed by atoms with Gasteiger partial charge < -0.3 is 9.32 Å². The fourth-order valence-corrected chi connectivity index (χ4v) is 3.08. The second-order valence-corrected chi connectivity index (χ2v) is 5.98. The van der Waals surface area contributed by atoms with Gasteiger partial charge in [-0.1, -0.05) is 0 Å². The molecule has 0 radical (unpaired) electrons. The number of rotatable bonds is 3. The van der Waals surface area contributed by atoms with E-state index < -0.39 is 0 Å². The van der Waals surface area contributed by atoms with Crippen molar-refractivity contribution in [2.75, 3.05) is 0 Å². The molecule has 2 aromatic rings. The van der Waals surface area contributed by atoms with Crippen molar-refractivity contribution >= 4 is 5.91 Å². The van der Waals surface area contributed by atoms with Crippen LogP contribution in [0.2, 0.25) is 0 Å². The fourth-order valence-electron chi connectivity index (χ4n) is 3.08. The van der Waals surface area contributed by atoms with Gasteiger partial charge in [0.05, 0.1) is 0 Å². The van der Waals surface area contributed by atoms with E-state index in [0.29, 0.717) is 11.6 Å². The van der Waals surface area contributed by atoms with Crippen LogP contribution in [0.1, 0.15) is 38.9 Å². The van der Waals surface area contributed by atoms with Gasteiger partial charge in [-0.25, -0.2) is 0 Å². The maximum Gasteiger partial charge on any atom is 0.246 e. The number of furan rings is 1. The van der Waals surface area contributed by atoms with E-state index in [1.54, 1.807) is 6.07 Å². The lowest BCUT2D eigenvalue weighted by atomic mass is 9.97. The van der Waals surface area contributed by atoms with Crippen molar-refractivity contribution in [1.29, 1.82) is 0 Å². The second-order valence-electron chi connectivity index (χ2n) is 5.98. The normalized spacial score (nSPS) is 22.0. The number of hydrogen-bond acceptors (Lipinski definition) is 5. The van der Waals surface area contributed by atoms with Crippen LogP contribution in [0, 0.1) is 6.92 Å². The molecule has 0 N–H and O–H groups in total. The van der Waals surface area contributed by atoms with E-state index in [-0.39, 0.29) is 24.5 Å². The summed E-state index contributed by atoms with van der Waals surface area (Å²) in [6.07, 6.45) is 3.28. The van der Waals surface area contributed by atoms with Crippen LogP contribution in [-0.4, -0.2) is 43.1 Å². The Labute approximate surface area is 129 Å². The predicted octanol–water partition coefficient (Wildman–Crippen LogP) is 2.03. The fraction of sp³-hybridized carbons (Fsp3) is 0.600. The third-order valence-corrected chi connectivity index (χ3v) is 4.17. The molecule has 2 atom stereocenters. The maximum atomic E-state index is 12.5. The number of hydrogen-bond donors (Lipinski definition) is 0. The van der Waals surface area contributed by atoms with Crippen LogP contribution < -0.4 is 0 Å². The molecule has 118 valence electrons. The van der Waals surface area contributed by atoms with Crippen molar-refractivity contribution in [3.63, 3.8) is 0 Å². The molecule has 7 nitrogen and oxygen atoms in total. The average Bonchev–Trinajstić information content (AvgIpc) is 3.07. The molecule has 0 aromatic carbocycles. The number of likely N-dealkylation sites (tertiary alicyclic amines) is 1. The molecule has 1 aliphatic rings. The van der Waals surface area contributed by atoms with Gasteiger partial charge in [0.25, 0.3) is 0 Å². The summed E-state index contributed by atoms with van der Waals surface area (Å²) in [6.45, 7) is 6.16. The minimum Gasteiger partial charge on any atom is -0.458 e. The summed E-state index contributed by atoms with van der Waals surface area (Å²) in [5.74, 6) is 1.80. The van der Waals surface area contributed by atoms with Crippen LogP contribution in [0.5, 0.6) is 0 Å². The summed E-state index contributed by atoms with van der Waals surface area (Å²) in [5, 5.41) is 12.1. The van der Waals surface area contributed by atoms with Gasteiger partial charge in [0.15, 0.2) is 5.76 Å². The largest absolute Gasteiger partial charge is 0.458 e. The van der Waals surface area contributed by atoms with E-state index in [9.17, 15) is 4.79 Å². The van der Waals surface area contributed by atoms with Crippen molar-refractivity contribution < 1.29 is 9.21 Å². The monoisotopic (exact) mass is 303 g/mol. The number of nitrogens with zero attached hydrogens (tertiary/aromatic N) is 5. The first-order chi connectivity index (χ1) is 10.5. The zero-order chi connectivity index (χ0) is 15.7. The topological polar surface area (TPSA) is 77.1 Å². The molecule has 22 heavy (non-hydrogen) atoms. The van der Waals surface area contributed by atoms with Crippen LogP contribution in [0.25, 0.3) is 11.6 Å². The first kappa shape index (κ1) is 14.7. The molecular weight excluding hydrogens is 282 g/mol. The van der Waals surface area contributed by atoms with E-state index in [1.165, 1.54) is 11.2 Å². The van der Waals surface area contributed by atoms with Gasteiger partial charge >= 0.3 is 0 Å². The molecule has 3 heterocycles. The summed E-state index contributed by atoms with van der Waals surface area (Å²) in [7, 11) is 0. The van der Waals surface area contributed by atoms with Gasteiger partial charge in [0, 0.05) is 12.1 Å². The Hall–Kier alpha value is -2.18. The Morgan fingerprint density at radius 2 is 2.05 bits per heavy atom. The van der Waals surface area contributed by atoms with Crippen LogP contribution in [0.15, 0.2) is 16.5 Å². The minimum absolute atomic E-state index is 0.0410. The third kappa shape index (κ3) is 2.88. The number of amides is 1. The molecule has 0 aliphatic carbocycles. The number of carbonyl (C=O) groups excluding carboxylic acids is 1. The predicted molar refractivity (Wildman–Crippen MR) is 79.9 cm³/mol. The molecule has 1 aliphatic heterocycles. The summed E-state index contributed by atoms with van der Waals surface area (Å²) in [4.78, 5) is 15.8. The lowest BCUT2D eigenvalue weighted by molar-refractivity contribution is -0.138. The van der Waals surface area contributed by atoms with Crippen LogP contribution >= 0.6 is 0 Å². The molecule has 0 spiro atoms. The van der Waals surface area contributed by atoms with Gasteiger partial charge in [-0.15, -0.1) is 10.2 Å². The number of tetrazole rings is 1. The van der Waals surface area contributed by atoms with Crippen LogP contribution in [0.4, 0.5) is 0 Å². The zero-order valence-electron chi connectivity index (χ0n) is 13.2. The Balaban J connectivity index is 1.70. The lowest BCUT2D eigenvalue weighted by Crippen LogP contribution is -2.48. The molecule has 0 bridgehead atoms. The highest BCUT2D eigenvalue weighted by molar-refractivity contribution is 5.76. The lowest BCUT2D eigenvalue weighted by Gasteiger charge is -2.38. The average molecular weight is 303 g/mol. The number of aromatic nitrogens is 4. The van der Waals surface area contributed by atoms with Crippen molar-refractivity contribution in [3.05, 3.63) is 17.9 Å². The molecule has 0 unspecified atom stereocenters. The molecular formula is C15H21N5O2. The highest BCUT2D eigenvalue weighted by atomic mass is 16.3. The van der Waals surface area contributed by atoms with Crippen LogP contribution in [0.3, 0.4) is 0 Å². The van der Waals surface area contributed by atoms with Gasteiger partial charge in [-0.05, 0) is 57.4 Å². The SMILES string of the molecule is Cc1ccc(-c2nnn(CC(=O)N3[C@H](C)CCC[C@@H]3C)n2)o1. The third-order valence-electron chi connectivity index (χ3n) is 4.17. The number of carbonyl (C=O) groups is 1. The highest BCUT2D eigenvalue weighted by Crippen LogP contribution is 2.23. The smallest absolute Gasteiger partial charge is 0.246 e. The molecule has 0 saturated carbocycles. The second kappa shape index (κ2) is 5.90. The molecule has 7 heteroatoms. The maximum absolute atomic E-state index is 12.5. The standard InChI is InChI=1S/C15H21N5O2/c1-10-5-4-6-11(2)20(10)14(21)9-19-17-15(16-18-19)13-8-7-12(3)22-13/h7-8,10-11H,4-6,9H2,1-3H3/t10-,11+. The Kier molecular flexibility index (Phi) is 3.96. The van der Waals surface area contributed by atoms with E-state index in [1.807, 2.05) is 17.9 Å². The van der Waals surface area contributed by atoms with Gasteiger partial charge in [-0.3, -0.25) is 4.79 Å². The van der Waals surface area contributed by atoms with Crippen molar-refractivity contribution in [1.82, 2.24) is 25.1 Å². The summed E-state index contributed by atoms with van der Waals surface area (Å²) in [5.41, 5.74) is 0. The van der Waals surface area contributed by atoms with E-state index in [4.69, 9.17) is 4.42 Å². The Morgan fingerprint density at radius 1 is 1.32 bits per heavy atom. The van der Waals surface area contributed by atoms with E-state index in [0.717, 1.165) is 18.6 Å². The van der Waals surface area contributed by atoms with Crippen molar-refractivity contribution in [2.24, 2.45) is 0 Å². The van der Waals surface area contributed by atoms with E-state index >= 15 is 0 Å². The Morgan fingerprint density at radius 3 is 2.68 bits per heavy atom. The zero-order valence-corrected chi connectivity index (χ0v) is 13.2. The van der Waals surface area contributed by atoms with Gasteiger partial charge in [0.2, 0.25) is 11.7 Å². The molecule has 1 amide bonds. The first-order valence-corrected chi connectivity index (χ1v) is 7.70. The summed E-state index contributed by atoms with van der Waals surface area (Å²) < 4.78 is 5.46. The summed E-state index contributed by atoms with van der Waals surface area (Å²) >= 11 is 0. The van der Waals surface area contributed by atoms with Gasteiger partial charge in [-0.2, -0.15) is 4.80 Å². The number of aryl methyl sites for hydroxylation is 1. The molecule has 1 saturated heterocycles. The minimum atomic E-state index is 0.0410. The molecule has 2 aromatic heterocycles. The van der Waals surface area contributed by atoms with Crippen molar-refractivity contribution in [3.8, 4) is 11.6 Å². The highest BCUT2D eigenvalue weighted by Gasteiger charge is 2.29. The quantitative estimate of drug-likeness (QED) is 0.867. The molecule has 3 rings (SSSR count). The van der Waals surface area contributed by atoms with Gasteiger partial charge in [0.1, 0.15) is 12.3 Å². The van der Waals surface area contributed by atoms with Crippen molar-refractivity contribution in [2.45, 2.75) is 58.7 Å².